The molecule has 0 aromatic rings. The summed E-state index contributed by atoms with van der Waals surface area (Å²) < 4.78 is 5.41. The highest BCUT2D eigenvalue weighted by Gasteiger charge is 2.33. The van der Waals surface area contributed by atoms with Crippen molar-refractivity contribution < 1.29 is 9.53 Å². The molecule has 0 spiro atoms. The van der Waals surface area contributed by atoms with Crippen LogP contribution >= 0.6 is 0 Å². The van der Waals surface area contributed by atoms with E-state index in [1.54, 1.807) is 7.11 Å². The van der Waals surface area contributed by atoms with Gasteiger partial charge >= 0.3 is 0 Å². The van der Waals surface area contributed by atoms with Gasteiger partial charge in [-0.1, -0.05) is 34.1 Å². The second-order valence-corrected chi connectivity index (χ2v) is 4.61. The van der Waals surface area contributed by atoms with Gasteiger partial charge in [0.1, 0.15) is 5.60 Å². The number of carbonyl (C=O) groups excluding carboxylic acids is 1. The highest BCUT2D eigenvalue weighted by Crippen LogP contribution is 2.23. The minimum absolute atomic E-state index is 0.274. The van der Waals surface area contributed by atoms with Gasteiger partial charge in [0.05, 0.1) is 0 Å². The van der Waals surface area contributed by atoms with Crippen molar-refractivity contribution in [1.29, 1.82) is 0 Å². The van der Waals surface area contributed by atoms with Crippen molar-refractivity contribution in [3.63, 3.8) is 0 Å². The van der Waals surface area contributed by atoms with E-state index in [9.17, 15) is 4.79 Å². The highest BCUT2D eigenvalue weighted by molar-refractivity contribution is 5.87. The molecule has 2 nitrogen and oxygen atoms in total. The lowest BCUT2D eigenvalue weighted by atomic mass is 9.88. The molecule has 0 saturated carbocycles. The summed E-state index contributed by atoms with van der Waals surface area (Å²) in [6.07, 6.45) is 4.33. The van der Waals surface area contributed by atoms with Crippen molar-refractivity contribution in [2.24, 2.45) is 5.92 Å². The normalized spacial score (nSPS) is 12.1. The maximum Gasteiger partial charge on any atom is 0.164 e. The van der Waals surface area contributed by atoms with Gasteiger partial charge < -0.3 is 4.74 Å². The van der Waals surface area contributed by atoms with Gasteiger partial charge in [-0.2, -0.15) is 0 Å². The Kier molecular flexibility index (Phi) is 6.82. The fraction of sp³-hybridized carbons (Fsp3) is 0.923. The van der Waals surface area contributed by atoms with Crippen LogP contribution in [0.15, 0.2) is 0 Å². The summed E-state index contributed by atoms with van der Waals surface area (Å²) in [7, 11) is 1.65. The van der Waals surface area contributed by atoms with E-state index in [0.717, 1.165) is 25.7 Å². The monoisotopic (exact) mass is 214 g/mol. The van der Waals surface area contributed by atoms with Crippen LogP contribution in [0.1, 0.15) is 59.8 Å². The van der Waals surface area contributed by atoms with Crippen LogP contribution < -0.4 is 0 Å². The van der Waals surface area contributed by atoms with Gasteiger partial charge in [0.2, 0.25) is 0 Å². The standard InChI is InChI=1S/C13H26O2/c1-6-13(7-2,15-5)12(14)10-8-9-11(3)4/h11H,6-10H2,1-5H3. The predicted octanol–water partition coefficient (Wildman–Crippen LogP) is 3.59. The van der Waals surface area contributed by atoms with Crippen molar-refractivity contribution in [3.05, 3.63) is 0 Å². The van der Waals surface area contributed by atoms with Crippen LogP contribution in [-0.4, -0.2) is 18.5 Å². The molecule has 0 aliphatic heterocycles. The molecule has 0 unspecified atom stereocenters. The van der Waals surface area contributed by atoms with Crippen molar-refractivity contribution in [2.45, 2.75) is 65.4 Å². The second-order valence-electron chi connectivity index (χ2n) is 4.61. The summed E-state index contributed by atoms with van der Waals surface area (Å²) in [6.45, 7) is 8.42. The zero-order chi connectivity index (χ0) is 11.9. The topological polar surface area (TPSA) is 26.3 Å². The first-order valence-electron chi connectivity index (χ1n) is 6.10. The van der Waals surface area contributed by atoms with E-state index in [2.05, 4.69) is 13.8 Å². The number of hydrogen-bond donors (Lipinski definition) is 0. The average Bonchev–Trinajstić information content (AvgIpc) is 2.21. The number of carbonyl (C=O) groups is 1. The summed E-state index contributed by atoms with van der Waals surface area (Å²) in [5, 5.41) is 0. The van der Waals surface area contributed by atoms with Gasteiger partial charge in [0.25, 0.3) is 0 Å². The van der Waals surface area contributed by atoms with Gasteiger partial charge in [0.15, 0.2) is 5.78 Å². The third-order valence-electron chi connectivity index (χ3n) is 3.23. The maximum absolute atomic E-state index is 12.0. The van der Waals surface area contributed by atoms with Crippen LogP contribution in [-0.2, 0) is 9.53 Å². The Bertz CT molecular complexity index is 173. The Balaban J connectivity index is 4.15. The molecule has 0 aromatic heterocycles. The largest absolute Gasteiger partial charge is 0.370 e. The van der Waals surface area contributed by atoms with Crippen LogP contribution in [0.25, 0.3) is 0 Å². The first-order chi connectivity index (χ1) is 7.02. The van der Waals surface area contributed by atoms with E-state index >= 15 is 0 Å². The molecule has 0 bridgehead atoms. The van der Waals surface area contributed by atoms with E-state index in [1.165, 1.54) is 0 Å². The molecule has 90 valence electrons. The van der Waals surface area contributed by atoms with Gasteiger partial charge in [-0.25, -0.2) is 0 Å². The van der Waals surface area contributed by atoms with Crippen molar-refractivity contribution >= 4 is 5.78 Å². The Labute approximate surface area is 94.4 Å². The van der Waals surface area contributed by atoms with Crippen LogP contribution in [0.3, 0.4) is 0 Å². The Morgan fingerprint density at radius 1 is 1.27 bits per heavy atom. The number of hydrogen-bond acceptors (Lipinski definition) is 2. The number of methoxy groups -OCH3 is 1. The van der Waals surface area contributed by atoms with Crippen LogP contribution in [0.5, 0.6) is 0 Å². The molecular formula is C13H26O2. The van der Waals surface area contributed by atoms with E-state index in [1.807, 2.05) is 13.8 Å². The van der Waals surface area contributed by atoms with Gasteiger partial charge in [-0.15, -0.1) is 0 Å². The molecule has 0 heterocycles. The summed E-state index contributed by atoms with van der Waals surface area (Å²) in [6, 6.07) is 0. The SMILES string of the molecule is CCC(CC)(OC)C(=O)CCCC(C)C. The van der Waals surface area contributed by atoms with Crippen molar-refractivity contribution in [1.82, 2.24) is 0 Å². The highest BCUT2D eigenvalue weighted by atomic mass is 16.5. The van der Waals surface area contributed by atoms with Crippen LogP contribution in [0.4, 0.5) is 0 Å². The van der Waals surface area contributed by atoms with Gasteiger partial charge in [-0.05, 0) is 25.2 Å². The lowest BCUT2D eigenvalue weighted by molar-refractivity contribution is -0.142. The maximum atomic E-state index is 12.0. The lowest BCUT2D eigenvalue weighted by Crippen LogP contribution is -2.39. The van der Waals surface area contributed by atoms with E-state index in [-0.39, 0.29) is 5.78 Å². The van der Waals surface area contributed by atoms with E-state index in [0.29, 0.717) is 12.3 Å². The number of Topliss-reactive ketones (excluding diaryl/α,β-unsaturated/α-hetero) is 1. The van der Waals surface area contributed by atoms with Gasteiger partial charge in [-0.3, -0.25) is 4.79 Å². The molecule has 0 aliphatic carbocycles. The molecule has 0 saturated heterocycles. The zero-order valence-corrected chi connectivity index (χ0v) is 10.9. The molecule has 0 fully saturated rings. The molecule has 0 rings (SSSR count). The smallest absolute Gasteiger partial charge is 0.164 e. The fourth-order valence-corrected chi connectivity index (χ4v) is 1.95. The minimum Gasteiger partial charge on any atom is -0.370 e. The molecular weight excluding hydrogens is 188 g/mol. The predicted molar refractivity (Wildman–Crippen MR) is 64.0 cm³/mol. The van der Waals surface area contributed by atoms with E-state index < -0.39 is 5.60 Å². The summed E-state index contributed by atoms with van der Waals surface area (Å²) in [4.78, 5) is 12.0. The summed E-state index contributed by atoms with van der Waals surface area (Å²) in [5.74, 6) is 0.952. The van der Waals surface area contributed by atoms with Crippen LogP contribution in [0, 0.1) is 5.92 Å². The van der Waals surface area contributed by atoms with Crippen molar-refractivity contribution in [3.8, 4) is 0 Å². The first-order valence-corrected chi connectivity index (χ1v) is 6.10. The molecule has 15 heavy (non-hydrogen) atoms. The number of ketones is 1. The molecule has 2 heteroatoms. The van der Waals surface area contributed by atoms with Crippen LogP contribution in [0.2, 0.25) is 0 Å². The third-order valence-corrected chi connectivity index (χ3v) is 3.23. The number of rotatable bonds is 8. The lowest BCUT2D eigenvalue weighted by Gasteiger charge is -2.28. The molecule has 0 atom stereocenters. The quantitative estimate of drug-likeness (QED) is 0.617. The summed E-state index contributed by atoms with van der Waals surface area (Å²) in [5.41, 5.74) is -0.517. The Morgan fingerprint density at radius 3 is 2.13 bits per heavy atom. The van der Waals surface area contributed by atoms with Crippen molar-refractivity contribution in [2.75, 3.05) is 7.11 Å². The fourth-order valence-electron chi connectivity index (χ4n) is 1.95. The Hall–Kier alpha value is -0.370. The first kappa shape index (κ1) is 14.6. The number of ether oxygens (including phenoxy) is 1. The molecule has 0 aliphatic rings. The zero-order valence-electron chi connectivity index (χ0n) is 10.9. The van der Waals surface area contributed by atoms with E-state index in [4.69, 9.17) is 4.74 Å². The molecule has 0 amide bonds. The third kappa shape index (κ3) is 4.33. The Morgan fingerprint density at radius 2 is 1.80 bits per heavy atom. The average molecular weight is 214 g/mol. The molecule has 0 aromatic carbocycles. The molecule has 0 radical (unpaired) electrons. The minimum atomic E-state index is -0.517. The molecule has 0 N–H and O–H groups in total. The second kappa shape index (κ2) is 7.00. The van der Waals surface area contributed by atoms with Gasteiger partial charge in [0, 0.05) is 13.5 Å². The summed E-state index contributed by atoms with van der Waals surface area (Å²) >= 11 is 0.